The van der Waals surface area contributed by atoms with Crippen LogP contribution in [0.25, 0.3) is 0 Å². The number of carbonyl (C=O) groups excluding carboxylic acids is 3. The molecule has 0 bridgehead atoms. The number of rotatable bonds is 26. The van der Waals surface area contributed by atoms with E-state index < -0.39 is 0 Å². The smallest absolute Gasteiger partial charge is 0.325 e. The van der Waals surface area contributed by atoms with Gasteiger partial charge in [-0.15, -0.1) is 0 Å². The first-order valence-electron chi connectivity index (χ1n) is 27.7. The van der Waals surface area contributed by atoms with Gasteiger partial charge in [-0.2, -0.15) is 0 Å². The summed E-state index contributed by atoms with van der Waals surface area (Å²) in [7, 11) is 0. The van der Waals surface area contributed by atoms with Crippen molar-refractivity contribution in [1.82, 2.24) is 15.5 Å². The van der Waals surface area contributed by atoms with Gasteiger partial charge in [-0.25, -0.2) is 0 Å². The lowest BCUT2D eigenvalue weighted by Crippen LogP contribution is -2.60. The Balaban J connectivity index is 1.11. The van der Waals surface area contributed by atoms with Crippen LogP contribution in [0.15, 0.2) is 60.7 Å². The molecule has 0 aromatic heterocycles. The maximum atomic E-state index is 14.2. The molecule has 4 N–H and O–H groups in total. The number of nitrogens with zero attached hydrogens (tertiary/aromatic N) is 1. The number of carbonyl (C=O) groups is 3. The fourth-order valence-corrected chi connectivity index (χ4v) is 14.1. The van der Waals surface area contributed by atoms with Gasteiger partial charge in [0.1, 0.15) is 25.3 Å². The Kier molecular flexibility index (Phi) is 22.1. The van der Waals surface area contributed by atoms with E-state index in [1.807, 2.05) is 60.7 Å². The van der Waals surface area contributed by atoms with Gasteiger partial charge in [-0.3, -0.25) is 14.4 Å². The number of nitrogens with one attached hydrogen (secondary N) is 4. The van der Waals surface area contributed by atoms with Gasteiger partial charge in [0.05, 0.1) is 0 Å². The van der Waals surface area contributed by atoms with Crippen molar-refractivity contribution in [1.29, 1.82) is 0 Å². The molecule has 12 heteroatoms. The number of anilines is 2. The Hall–Kier alpha value is -3.77. The molecule has 0 unspecified atom stereocenters. The first-order chi connectivity index (χ1) is 33.8. The van der Waals surface area contributed by atoms with E-state index in [2.05, 4.69) is 60.8 Å². The van der Waals surface area contributed by atoms with Crippen LogP contribution in [-0.2, 0) is 23.9 Å². The molecule has 10 nitrogen and oxygen atoms in total. The molecule has 4 fully saturated rings. The molecular weight excluding hydrogens is 911 g/mol. The topological polar surface area (TPSA) is 121 Å². The number of unbranched alkanes of at least 4 members (excludes halogenated alkanes) is 10. The highest BCUT2D eigenvalue weighted by Crippen LogP contribution is 2.69. The number of amides is 1. The predicted octanol–water partition coefficient (Wildman–Crippen LogP) is 13.0. The van der Waals surface area contributed by atoms with Gasteiger partial charge in [0, 0.05) is 36.3 Å². The third kappa shape index (κ3) is 15.4. The minimum atomic E-state index is -0.289. The van der Waals surface area contributed by atoms with Crippen LogP contribution in [0.5, 0.6) is 0 Å². The summed E-state index contributed by atoms with van der Waals surface area (Å²) in [5.41, 5.74) is 1.55. The number of thiocarbonyl (C=S) groups is 2. The maximum Gasteiger partial charge on any atom is 0.325 e. The molecule has 2 aromatic carbocycles. The zero-order chi connectivity index (χ0) is 49.9. The van der Waals surface area contributed by atoms with Crippen LogP contribution in [0.3, 0.4) is 0 Å². The second kappa shape index (κ2) is 27.9. The normalized spacial score (nSPS) is 27.1. The first-order valence-corrected chi connectivity index (χ1v) is 28.5. The fourth-order valence-electron chi connectivity index (χ4n) is 13.8. The van der Waals surface area contributed by atoms with Crippen LogP contribution in [0.4, 0.5) is 11.4 Å². The molecule has 0 aliphatic heterocycles. The predicted molar refractivity (Wildman–Crippen MR) is 293 cm³/mol. The van der Waals surface area contributed by atoms with Crippen molar-refractivity contribution in [3.05, 3.63) is 60.7 Å². The number of hydrogen-bond donors (Lipinski definition) is 4. The Morgan fingerprint density at radius 3 is 1.79 bits per heavy atom. The second-order valence-electron chi connectivity index (χ2n) is 22.1. The van der Waals surface area contributed by atoms with Gasteiger partial charge in [0.25, 0.3) is 0 Å². The number of fused-ring (bicyclic) bond motifs is 5. The lowest BCUT2D eigenvalue weighted by molar-refractivity contribution is -0.198. The number of esters is 2. The van der Waals surface area contributed by atoms with Gasteiger partial charge >= 0.3 is 11.9 Å². The van der Waals surface area contributed by atoms with Crippen LogP contribution in [0, 0.1) is 46.3 Å². The van der Waals surface area contributed by atoms with Crippen LogP contribution in [0.1, 0.15) is 176 Å². The van der Waals surface area contributed by atoms with E-state index in [0.717, 1.165) is 95.1 Å². The summed E-state index contributed by atoms with van der Waals surface area (Å²) in [6.07, 6.45) is 23.7. The average molecular weight is 1000 g/mol. The van der Waals surface area contributed by atoms with E-state index in [-0.39, 0.29) is 48.1 Å². The van der Waals surface area contributed by atoms with Crippen molar-refractivity contribution >= 4 is 63.9 Å². The number of benzene rings is 2. The highest BCUT2D eigenvalue weighted by Gasteiger charge is 2.65. The summed E-state index contributed by atoms with van der Waals surface area (Å²) in [5.74, 6) is 2.17. The molecule has 6 rings (SSSR count). The van der Waals surface area contributed by atoms with Crippen LogP contribution < -0.4 is 21.3 Å². The summed E-state index contributed by atoms with van der Waals surface area (Å²) < 4.78 is 12.9. The highest BCUT2D eigenvalue weighted by molar-refractivity contribution is 7.80. The van der Waals surface area contributed by atoms with Crippen molar-refractivity contribution in [2.75, 3.05) is 36.8 Å². The monoisotopic (exact) mass is 1000 g/mol. The van der Waals surface area contributed by atoms with Gasteiger partial charge < -0.3 is 35.6 Å². The molecule has 10 atom stereocenters. The molecule has 4 aliphatic carbocycles. The summed E-state index contributed by atoms with van der Waals surface area (Å²) in [6.45, 7) is 13.6. The van der Waals surface area contributed by atoms with Crippen molar-refractivity contribution in [2.45, 2.75) is 188 Å². The molecule has 388 valence electrons. The molecule has 0 radical (unpaired) electrons. The SMILES string of the molecule is CCCCCCCCN(CCCCCCCC)C(=O)CC[C@@H](C)[C@H]1CC[C@H]2[C@@H]3CC[C@@H]4C[C@H](OC(=O)CNC(=S)Nc5ccccc5)CC[C@]4(C)[C@H]3C[C@H](OC(=O)CNC(=S)Nc3ccccc3)[C@]12C. The Morgan fingerprint density at radius 1 is 0.671 bits per heavy atom. The van der Waals surface area contributed by atoms with Crippen molar-refractivity contribution in [3.63, 3.8) is 0 Å². The van der Waals surface area contributed by atoms with Crippen LogP contribution in [-0.4, -0.2) is 71.4 Å². The Labute approximate surface area is 433 Å². The molecule has 2 aromatic rings. The van der Waals surface area contributed by atoms with Gasteiger partial charge in [-0.1, -0.05) is 135 Å². The van der Waals surface area contributed by atoms with E-state index in [4.69, 9.17) is 33.9 Å². The standard InChI is InChI=1S/C58H89N5O5S2/c1-6-8-10-12-14-22-36-63(37-23-15-13-11-9-7-2)52(64)33-28-42(3)48-31-32-49-47-30-29-43-38-46(67-53(65)40-59-55(69)61-44-24-18-16-19-25-44)34-35-57(43,4)50(47)39-51(58(48,49)5)68-54(66)41-60-56(70)62-45-26-20-17-21-27-45/h16-21,24-27,42-43,46-51H,6-15,22-23,28-41H2,1-5H3,(H2,59,61,69)(H2,60,62,70)/t42-,43-,46-,47+,48-,49+,50+,51+,57+,58-/m1/s1. The highest BCUT2D eigenvalue weighted by atomic mass is 32.1. The molecule has 0 saturated heterocycles. The fraction of sp³-hybridized carbons (Fsp3) is 0.707. The lowest BCUT2D eigenvalue weighted by Gasteiger charge is -2.62. The molecule has 0 heterocycles. The van der Waals surface area contributed by atoms with E-state index in [9.17, 15) is 14.4 Å². The summed E-state index contributed by atoms with van der Waals surface area (Å²) >= 11 is 11.0. The quantitative estimate of drug-likeness (QED) is 0.0410. The minimum absolute atomic E-state index is 0.0133. The van der Waals surface area contributed by atoms with Gasteiger partial charge in [0.2, 0.25) is 5.91 Å². The molecule has 70 heavy (non-hydrogen) atoms. The summed E-state index contributed by atoms with van der Waals surface area (Å²) in [4.78, 5) is 43.6. The number of ether oxygens (including phenoxy) is 2. The van der Waals surface area contributed by atoms with Crippen LogP contribution in [0.2, 0.25) is 0 Å². The molecule has 1 amide bonds. The summed E-state index contributed by atoms with van der Waals surface area (Å²) in [6, 6.07) is 19.4. The minimum Gasteiger partial charge on any atom is -0.461 e. The molecular formula is C58H89N5O5S2. The van der Waals surface area contributed by atoms with Gasteiger partial charge in [-0.05, 0) is 160 Å². The number of hydrogen-bond acceptors (Lipinski definition) is 7. The van der Waals surface area contributed by atoms with E-state index in [1.54, 1.807) is 0 Å². The van der Waals surface area contributed by atoms with Crippen LogP contribution >= 0.6 is 24.4 Å². The van der Waals surface area contributed by atoms with Crippen molar-refractivity contribution in [2.24, 2.45) is 46.3 Å². The largest absolute Gasteiger partial charge is 0.461 e. The average Bonchev–Trinajstić information content (AvgIpc) is 3.72. The van der Waals surface area contributed by atoms with E-state index >= 15 is 0 Å². The Morgan fingerprint density at radius 2 is 1.21 bits per heavy atom. The lowest BCUT2D eigenvalue weighted by atomic mass is 9.43. The van der Waals surface area contributed by atoms with Gasteiger partial charge in [0.15, 0.2) is 10.2 Å². The third-order valence-corrected chi connectivity index (χ3v) is 18.1. The Bertz CT molecular complexity index is 1940. The third-order valence-electron chi connectivity index (χ3n) is 17.6. The summed E-state index contributed by atoms with van der Waals surface area (Å²) in [5, 5.41) is 13.2. The molecule has 0 spiro atoms. The van der Waals surface area contributed by atoms with Crippen molar-refractivity contribution < 1.29 is 23.9 Å². The number of para-hydroxylation sites is 2. The second-order valence-corrected chi connectivity index (χ2v) is 22.9. The molecule has 4 aliphatic rings. The zero-order valence-corrected chi connectivity index (χ0v) is 45.2. The maximum absolute atomic E-state index is 14.2. The zero-order valence-electron chi connectivity index (χ0n) is 43.6. The first kappa shape index (κ1) is 55.5. The van der Waals surface area contributed by atoms with Crippen molar-refractivity contribution in [3.8, 4) is 0 Å². The molecule has 4 saturated carbocycles. The van der Waals surface area contributed by atoms with E-state index in [0.29, 0.717) is 58.1 Å². The van der Waals surface area contributed by atoms with E-state index in [1.165, 1.54) is 64.2 Å².